The topological polar surface area (TPSA) is 109 Å². The van der Waals surface area contributed by atoms with Crippen LogP contribution in [-0.2, 0) is 19.2 Å². The number of carboxylic acid groups (broad SMARTS) is 2. The van der Waals surface area contributed by atoms with Crippen LogP contribution in [0, 0.1) is 0 Å². The number of aliphatic carboxylic acids is 2. The fourth-order valence-electron chi connectivity index (χ4n) is 1.24. The second-order valence-corrected chi connectivity index (χ2v) is 6.00. The molecule has 0 atom stereocenters. The van der Waals surface area contributed by atoms with E-state index in [1.165, 1.54) is 12.2 Å². The maximum absolute atomic E-state index is 11.7. The minimum Gasteiger partial charge on any atom is -0.481 e. The standard InChI is InChI=1S/C12H12O6S2/c13-7-6-10(20-4-2-12(17)18)8(14)5-9(7)19-3-1-11(15)16/h5-6H,1-4H2,(H,15,16)(H,17,18). The normalized spacial score (nSPS) is 14.8. The van der Waals surface area contributed by atoms with Gasteiger partial charge in [0, 0.05) is 23.7 Å². The highest BCUT2D eigenvalue weighted by atomic mass is 32.2. The summed E-state index contributed by atoms with van der Waals surface area (Å²) in [5.41, 5.74) is 0. The Morgan fingerprint density at radius 1 is 0.850 bits per heavy atom. The van der Waals surface area contributed by atoms with E-state index in [4.69, 9.17) is 10.2 Å². The van der Waals surface area contributed by atoms with Crippen molar-refractivity contribution in [3.63, 3.8) is 0 Å². The smallest absolute Gasteiger partial charge is 0.304 e. The molecule has 20 heavy (non-hydrogen) atoms. The van der Waals surface area contributed by atoms with E-state index in [9.17, 15) is 19.2 Å². The van der Waals surface area contributed by atoms with Gasteiger partial charge in [0.2, 0.25) is 0 Å². The van der Waals surface area contributed by atoms with Gasteiger partial charge >= 0.3 is 11.9 Å². The first-order valence-corrected chi connectivity index (χ1v) is 7.58. The zero-order valence-electron chi connectivity index (χ0n) is 10.3. The molecule has 0 saturated heterocycles. The molecule has 0 amide bonds. The summed E-state index contributed by atoms with van der Waals surface area (Å²) < 4.78 is 0. The molecule has 1 rings (SSSR count). The Hall–Kier alpha value is -1.54. The minimum absolute atomic E-state index is 0.0899. The fourth-order valence-corrected chi connectivity index (χ4v) is 3.02. The van der Waals surface area contributed by atoms with E-state index in [2.05, 4.69) is 0 Å². The molecule has 0 aromatic heterocycles. The summed E-state index contributed by atoms with van der Waals surface area (Å²) in [6.45, 7) is 0. The first-order valence-electron chi connectivity index (χ1n) is 5.61. The van der Waals surface area contributed by atoms with Crippen LogP contribution in [-0.4, -0.2) is 45.2 Å². The Bertz CT molecular complexity index is 460. The van der Waals surface area contributed by atoms with Crippen LogP contribution in [0.15, 0.2) is 22.0 Å². The highest BCUT2D eigenvalue weighted by Crippen LogP contribution is 2.28. The van der Waals surface area contributed by atoms with Gasteiger partial charge < -0.3 is 10.2 Å². The summed E-state index contributed by atoms with van der Waals surface area (Å²) in [5, 5.41) is 17.0. The quantitative estimate of drug-likeness (QED) is 0.645. The van der Waals surface area contributed by atoms with Gasteiger partial charge in [-0.1, -0.05) is 0 Å². The summed E-state index contributed by atoms with van der Waals surface area (Å²) >= 11 is 2.06. The summed E-state index contributed by atoms with van der Waals surface area (Å²) in [7, 11) is 0. The third kappa shape index (κ3) is 5.62. The summed E-state index contributed by atoms with van der Waals surface area (Å²) in [5.74, 6) is -2.19. The highest BCUT2D eigenvalue weighted by Gasteiger charge is 2.21. The summed E-state index contributed by atoms with van der Waals surface area (Å²) in [6.07, 6.45) is 2.18. The number of ketones is 2. The van der Waals surface area contributed by atoms with Crippen LogP contribution in [0.25, 0.3) is 0 Å². The summed E-state index contributed by atoms with van der Waals surface area (Å²) in [6, 6.07) is 0. The Morgan fingerprint density at radius 2 is 1.20 bits per heavy atom. The number of rotatable bonds is 8. The number of thioether (sulfide) groups is 2. The van der Waals surface area contributed by atoms with Crippen molar-refractivity contribution in [1.82, 2.24) is 0 Å². The van der Waals surface area contributed by atoms with E-state index in [0.29, 0.717) is 0 Å². The maximum Gasteiger partial charge on any atom is 0.304 e. The zero-order valence-corrected chi connectivity index (χ0v) is 12.0. The Morgan fingerprint density at radius 3 is 1.50 bits per heavy atom. The van der Waals surface area contributed by atoms with Crippen molar-refractivity contribution in [3.05, 3.63) is 22.0 Å². The SMILES string of the molecule is O=C(O)CCSC1=CC(=O)C(SCCC(=O)O)=CC1=O. The number of hydrogen-bond donors (Lipinski definition) is 2. The molecule has 6 nitrogen and oxygen atoms in total. The first-order chi connectivity index (χ1) is 9.40. The minimum atomic E-state index is -0.965. The largest absolute Gasteiger partial charge is 0.481 e. The number of carbonyl (C=O) groups excluding carboxylic acids is 2. The van der Waals surface area contributed by atoms with Gasteiger partial charge in [0.1, 0.15) is 0 Å². The molecule has 0 aromatic carbocycles. The Kier molecular flexibility index (Phi) is 6.53. The number of carbonyl (C=O) groups is 4. The number of hydrogen-bond acceptors (Lipinski definition) is 6. The molecule has 108 valence electrons. The molecule has 1 aliphatic rings. The van der Waals surface area contributed by atoms with Crippen molar-refractivity contribution in [3.8, 4) is 0 Å². The molecule has 0 heterocycles. The van der Waals surface area contributed by atoms with Gasteiger partial charge in [-0.05, 0) is 0 Å². The molecule has 0 radical (unpaired) electrons. The van der Waals surface area contributed by atoms with Crippen molar-refractivity contribution in [2.75, 3.05) is 11.5 Å². The van der Waals surface area contributed by atoms with Crippen LogP contribution in [0.1, 0.15) is 12.8 Å². The Balaban J connectivity index is 2.53. The van der Waals surface area contributed by atoms with Crippen LogP contribution in [0.2, 0.25) is 0 Å². The molecular formula is C12H12O6S2. The zero-order chi connectivity index (χ0) is 15.1. The van der Waals surface area contributed by atoms with Gasteiger partial charge in [0.05, 0.1) is 22.7 Å². The lowest BCUT2D eigenvalue weighted by molar-refractivity contribution is -0.137. The van der Waals surface area contributed by atoms with E-state index in [0.717, 1.165) is 23.5 Å². The van der Waals surface area contributed by atoms with E-state index < -0.39 is 11.9 Å². The van der Waals surface area contributed by atoms with Gasteiger partial charge in [-0.25, -0.2) is 0 Å². The molecule has 1 aliphatic carbocycles. The van der Waals surface area contributed by atoms with Gasteiger partial charge in [0.25, 0.3) is 0 Å². The summed E-state index contributed by atoms with van der Waals surface area (Å²) in [4.78, 5) is 44.6. The van der Waals surface area contributed by atoms with Gasteiger partial charge in [-0.15, -0.1) is 23.5 Å². The predicted molar refractivity (Wildman–Crippen MR) is 75.6 cm³/mol. The van der Waals surface area contributed by atoms with E-state index in [1.54, 1.807) is 0 Å². The van der Waals surface area contributed by atoms with Crippen LogP contribution >= 0.6 is 23.5 Å². The van der Waals surface area contributed by atoms with Crippen LogP contribution in [0.4, 0.5) is 0 Å². The molecular weight excluding hydrogens is 304 g/mol. The van der Waals surface area contributed by atoms with Gasteiger partial charge in [-0.2, -0.15) is 0 Å². The molecule has 2 N–H and O–H groups in total. The average Bonchev–Trinajstić information content (AvgIpc) is 2.33. The highest BCUT2D eigenvalue weighted by molar-refractivity contribution is 8.04. The molecule has 0 aliphatic heterocycles. The van der Waals surface area contributed by atoms with Crippen molar-refractivity contribution >= 4 is 47.0 Å². The lowest BCUT2D eigenvalue weighted by Crippen LogP contribution is -2.11. The third-order valence-corrected chi connectivity index (χ3v) is 4.23. The van der Waals surface area contributed by atoms with Gasteiger partial charge in [0.15, 0.2) is 11.6 Å². The Labute approximate surface area is 123 Å². The van der Waals surface area contributed by atoms with Gasteiger partial charge in [-0.3, -0.25) is 19.2 Å². The number of carboxylic acids is 2. The van der Waals surface area contributed by atoms with Crippen LogP contribution in [0.3, 0.4) is 0 Å². The molecule has 8 heteroatoms. The fraction of sp³-hybridized carbons (Fsp3) is 0.333. The van der Waals surface area contributed by atoms with Crippen LogP contribution < -0.4 is 0 Å². The lowest BCUT2D eigenvalue weighted by atomic mass is 10.2. The van der Waals surface area contributed by atoms with Crippen molar-refractivity contribution in [1.29, 1.82) is 0 Å². The monoisotopic (exact) mass is 316 g/mol. The van der Waals surface area contributed by atoms with E-state index in [1.807, 2.05) is 0 Å². The molecule has 0 aromatic rings. The molecule has 0 saturated carbocycles. The van der Waals surface area contributed by atoms with Crippen molar-refractivity contribution in [2.45, 2.75) is 12.8 Å². The molecule has 0 unspecified atom stereocenters. The van der Waals surface area contributed by atoms with Crippen molar-refractivity contribution in [2.24, 2.45) is 0 Å². The number of allylic oxidation sites excluding steroid dienone is 4. The van der Waals surface area contributed by atoms with Crippen LogP contribution in [0.5, 0.6) is 0 Å². The molecule has 0 fully saturated rings. The second-order valence-electron chi connectivity index (χ2n) is 3.73. The maximum atomic E-state index is 11.7. The predicted octanol–water partition coefficient (Wildman–Crippen LogP) is 1.32. The average molecular weight is 316 g/mol. The molecule has 0 spiro atoms. The van der Waals surface area contributed by atoms with Crippen molar-refractivity contribution < 1.29 is 29.4 Å². The first kappa shape index (κ1) is 16.5. The molecule has 0 bridgehead atoms. The van der Waals surface area contributed by atoms with E-state index >= 15 is 0 Å². The lowest BCUT2D eigenvalue weighted by Gasteiger charge is -2.10. The van der Waals surface area contributed by atoms with E-state index in [-0.39, 0.29) is 45.7 Å². The second kappa shape index (κ2) is 7.91. The third-order valence-electron chi connectivity index (χ3n) is 2.16.